The maximum Gasteiger partial charge on any atom is 0.220 e. The van der Waals surface area contributed by atoms with Crippen molar-refractivity contribution < 1.29 is 4.79 Å². The molecule has 0 saturated heterocycles. The van der Waals surface area contributed by atoms with E-state index in [9.17, 15) is 4.79 Å². The summed E-state index contributed by atoms with van der Waals surface area (Å²) in [5, 5.41) is 3.48. The number of alkyl halides is 1. The van der Waals surface area contributed by atoms with Crippen LogP contribution in [0.1, 0.15) is 51.4 Å². The van der Waals surface area contributed by atoms with E-state index < -0.39 is 0 Å². The van der Waals surface area contributed by atoms with Crippen molar-refractivity contribution in [2.24, 2.45) is 5.92 Å². The summed E-state index contributed by atoms with van der Waals surface area (Å²) in [6.45, 7) is 0. The van der Waals surface area contributed by atoms with Crippen molar-refractivity contribution in [1.82, 2.24) is 5.32 Å². The molecular formula is C12H20ClNO. The normalized spacial score (nSPS) is 32.1. The average Bonchev–Trinajstić information content (AvgIpc) is 2.16. The zero-order chi connectivity index (χ0) is 10.7. The number of halogens is 1. The quantitative estimate of drug-likeness (QED) is 0.741. The number of rotatable bonds is 3. The first kappa shape index (κ1) is 11.3. The molecule has 2 fully saturated rings. The van der Waals surface area contributed by atoms with Gasteiger partial charge in [-0.2, -0.15) is 0 Å². The Hall–Kier alpha value is -0.240. The fourth-order valence-electron chi connectivity index (χ4n) is 2.44. The van der Waals surface area contributed by atoms with Gasteiger partial charge in [-0.25, -0.2) is 0 Å². The maximum absolute atomic E-state index is 11.7. The van der Waals surface area contributed by atoms with Crippen LogP contribution < -0.4 is 5.32 Å². The topological polar surface area (TPSA) is 29.1 Å². The van der Waals surface area contributed by atoms with E-state index in [1.807, 2.05) is 0 Å². The molecule has 2 aliphatic carbocycles. The van der Waals surface area contributed by atoms with E-state index in [-0.39, 0.29) is 5.91 Å². The maximum atomic E-state index is 11.7. The van der Waals surface area contributed by atoms with Crippen molar-refractivity contribution in [3.05, 3.63) is 0 Å². The smallest absolute Gasteiger partial charge is 0.220 e. The number of amides is 1. The molecule has 3 heteroatoms. The highest BCUT2D eigenvalue weighted by atomic mass is 35.5. The third-order valence-corrected chi connectivity index (χ3v) is 4.16. The second-order valence-electron chi connectivity index (χ2n) is 5.02. The lowest BCUT2D eigenvalue weighted by Gasteiger charge is -2.28. The van der Waals surface area contributed by atoms with Gasteiger partial charge < -0.3 is 5.32 Å². The Bertz CT molecular complexity index is 220. The van der Waals surface area contributed by atoms with E-state index in [1.54, 1.807) is 0 Å². The van der Waals surface area contributed by atoms with E-state index in [4.69, 9.17) is 11.6 Å². The van der Waals surface area contributed by atoms with Crippen LogP contribution in [0.2, 0.25) is 0 Å². The Morgan fingerprint density at radius 3 is 2.33 bits per heavy atom. The lowest BCUT2D eigenvalue weighted by Crippen LogP contribution is -2.39. The Kier molecular flexibility index (Phi) is 3.90. The Morgan fingerprint density at radius 1 is 1.13 bits per heavy atom. The minimum Gasteiger partial charge on any atom is -0.353 e. The summed E-state index contributed by atoms with van der Waals surface area (Å²) in [6, 6.07) is 0.396. The second-order valence-corrected chi connectivity index (χ2v) is 5.63. The van der Waals surface area contributed by atoms with Crippen LogP contribution in [0.25, 0.3) is 0 Å². The van der Waals surface area contributed by atoms with E-state index >= 15 is 0 Å². The number of hydrogen-bond donors (Lipinski definition) is 1. The molecular weight excluding hydrogens is 210 g/mol. The van der Waals surface area contributed by atoms with Gasteiger partial charge in [-0.15, -0.1) is 11.6 Å². The fraction of sp³-hybridized carbons (Fsp3) is 0.917. The summed E-state index contributed by atoms with van der Waals surface area (Å²) in [5.74, 6) is 0.937. The first-order chi connectivity index (χ1) is 7.24. The number of nitrogens with one attached hydrogen (secondary N) is 1. The third kappa shape index (κ3) is 3.37. The molecule has 0 radical (unpaired) electrons. The monoisotopic (exact) mass is 229 g/mol. The van der Waals surface area contributed by atoms with Crippen LogP contribution in [0.15, 0.2) is 0 Å². The van der Waals surface area contributed by atoms with Gasteiger partial charge in [0.25, 0.3) is 0 Å². The third-order valence-electron chi connectivity index (χ3n) is 3.72. The van der Waals surface area contributed by atoms with Gasteiger partial charge in [0.15, 0.2) is 0 Å². The van der Waals surface area contributed by atoms with E-state index in [0.29, 0.717) is 17.3 Å². The lowest BCUT2D eigenvalue weighted by molar-refractivity contribution is -0.123. The van der Waals surface area contributed by atoms with Gasteiger partial charge in [0.05, 0.1) is 0 Å². The summed E-state index contributed by atoms with van der Waals surface area (Å²) in [5.41, 5.74) is 0. The highest BCUT2D eigenvalue weighted by molar-refractivity contribution is 6.20. The van der Waals surface area contributed by atoms with Crippen LogP contribution in [-0.2, 0) is 4.79 Å². The van der Waals surface area contributed by atoms with Crippen molar-refractivity contribution in [2.45, 2.75) is 62.8 Å². The van der Waals surface area contributed by atoms with E-state index in [2.05, 4.69) is 5.32 Å². The van der Waals surface area contributed by atoms with Crippen molar-refractivity contribution in [3.8, 4) is 0 Å². The van der Waals surface area contributed by atoms with Crippen molar-refractivity contribution in [3.63, 3.8) is 0 Å². The standard InChI is InChI=1S/C12H20ClNO/c13-10-4-6-11(7-5-10)14-12(15)8-9-2-1-3-9/h9-11H,1-8H2,(H,14,15). The molecule has 0 aromatic rings. The van der Waals surface area contributed by atoms with Gasteiger partial charge in [-0.3, -0.25) is 4.79 Å². The number of carbonyl (C=O) groups is 1. The highest BCUT2D eigenvalue weighted by Gasteiger charge is 2.24. The Balaban J connectivity index is 1.64. The molecule has 0 bridgehead atoms. The zero-order valence-corrected chi connectivity index (χ0v) is 9.93. The largest absolute Gasteiger partial charge is 0.353 e. The van der Waals surface area contributed by atoms with Crippen LogP contribution in [0.3, 0.4) is 0 Å². The second kappa shape index (κ2) is 5.20. The molecule has 1 amide bonds. The zero-order valence-electron chi connectivity index (χ0n) is 9.18. The van der Waals surface area contributed by atoms with Gasteiger partial charge >= 0.3 is 0 Å². The molecule has 0 aliphatic heterocycles. The summed E-state index contributed by atoms with van der Waals surface area (Å²) >= 11 is 6.02. The molecule has 0 aromatic heterocycles. The summed E-state index contributed by atoms with van der Waals surface area (Å²) in [4.78, 5) is 11.7. The van der Waals surface area contributed by atoms with Gasteiger partial charge in [0.2, 0.25) is 5.91 Å². The van der Waals surface area contributed by atoms with Crippen molar-refractivity contribution >= 4 is 17.5 Å². The van der Waals surface area contributed by atoms with Crippen molar-refractivity contribution in [1.29, 1.82) is 0 Å². The molecule has 15 heavy (non-hydrogen) atoms. The Labute approximate surface area is 96.8 Å². The summed E-state index contributed by atoms with van der Waals surface area (Å²) in [7, 11) is 0. The Morgan fingerprint density at radius 2 is 1.80 bits per heavy atom. The van der Waals surface area contributed by atoms with Gasteiger partial charge in [-0.1, -0.05) is 6.42 Å². The molecule has 0 spiro atoms. The molecule has 0 aromatic carbocycles. The lowest BCUT2D eigenvalue weighted by atomic mass is 9.82. The molecule has 2 saturated carbocycles. The van der Waals surface area contributed by atoms with Gasteiger partial charge in [0.1, 0.15) is 0 Å². The minimum atomic E-state index is 0.262. The predicted molar refractivity (Wildman–Crippen MR) is 62.0 cm³/mol. The molecule has 2 nitrogen and oxygen atoms in total. The highest BCUT2D eigenvalue weighted by Crippen LogP contribution is 2.29. The van der Waals surface area contributed by atoms with Crippen LogP contribution >= 0.6 is 11.6 Å². The number of carbonyl (C=O) groups excluding carboxylic acids is 1. The molecule has 0 unspecified atom stereocenters. The minimum absolute atomic E-state index is 0.262. The molecule has 86 valence electrons. The van der Waals surface area contributed by atoms with Crippen LogP contribution in [0.4, 0.5) is 0 Å². The molecule has 0 heterocycles. The molecule has 1 N–H and O–H groups in total. The van der Waals surface area contributed by atoms with Gasteiger partial charge in [0, 0.05) is 17.8 Å². The van der Waals surface area contributed by atoms with Crippen molar-refractivity contribution in [2.75, 3.05) is 0 Å². The van der Waals surface area contributed by atoms with Crippen LogP contribution in [0, 0.1) is 5.92 Å². The fourth-order valence-corrected chi connectivity index (χ4v) is 2.69. The average molecular weight is 230 g/mol. The first-order valence-electron chi connectivity index (χ1n) is 6.17. The van der Waals surface area contributed by atoms with Crippen LogP contribution in [0.5, 0.6) is 0 Å². The molecule has 2 rings (SSSR count). The molecule has 0 atom stereocenters. The molecule has 2 aliphatic rings. The van der Waals surface area contributed by atoms with E-state index in [1.165, 1.54) is 19.3 Å². The first-order valence-corrected chi connectivity index (χ1v) is 6.61. The summed E-state index contributed by atoms with van der Waals surface area (Å²) in [6.07, 6.45) is 8.79. The van der Waals surface area contributed by atoms with E-state index in [0.717, 1.165) is 32.1 Å². The summed E-state index contributed by atoms with van der Waals surface area (Å²) < 4.78 is 0. The van der Waals surface area contributed by atoms with Gasteiger partial charge in [-0.05, 0) is 44.4 Å². The number of hydrogen-bond acceptors (Lipinski definition) is 1. The SMILES string of the molecule is O=C(CC1CCC1)NC1CCC(Cl)CC1. The predicted octanol–water partition coefficient (Wildman–Crippen LogP) is 2.84. The van der Waals surface area contributed by atoms with Crippen LogP contribution in [-0.4, -0.2) is 17.3 Å².